The van der Waals surface area contributed by atoms with Gasteiger partial charge in [-0.15, -0.1) is 0 Å². The molecule has 3 atom stereocenters. The molecule has 10 nitrogen and oxygen atoms in total. The van der Waals surface area contributed by atoms with Gasteiger partial charge in [-0.3, -0.25) is 18.6 Å². The van der Waals surface area contributed by atoms with Gasteiger partial charge in [-0.1, -0.05) is 172 Å². The van der Waals surface area contributed by atoms with Crippen LogP contribution in [0, 0.1) is 0 Å². The average molecular weight is 857 g/mol. The molecule has 0 aliphatic rings. The highest BCUT2D eigenvalue weighted by Gasteiger charge is 2.27. The lowest BCUT2D eigenvalue weighted by atomic mass is 10.1. The Hall–Kier alpha value is -1.81. The minimum atomic E-state index is -4.62. The maximum absolute atomic E-state index is 12.6. The zero-order chi connectivity index (χ0) is 43.3. The summed E-state index contributed by atoms with van der Waals surface area (Å²) in [5, 5.41) is 18.4. The number of ether oxygens (including phenoxy) is 2. The zero-order valence-corrected chi connectivity index (χ0v) is 38.6. The van der Waals surface area contributed by atoms with Crippen molar-refractivity contribution in [3.05, 3.63) is 36.5 Å². The fourth-order valence-corrected chi connectivity index (χ4v) is 7.34. The van der Waals surface area contributed by atoms with Gasteiger partial charge in [0.1, 0.15) is 12.7 Å². The number of carbonyl (C=O) groups is 2. The third-order valence-corrected chi connectivity index (χ3v) is 11.2. The van der Waals surface area contributed by atoms with E-state index in [4.69, 9.17) is 23.6 Å². The molecule has 3 N–H and O–H groups in total. The van der Waals surface area contributed by atoms with Crippen molar-refractivity contribution in [1.29, 1.82) is 0 Å². The minimum Gasteiger partial charge on any atom is -0.462 e. The zero-order valence-electron chi connectivity index (χ0n) is 37.7. The highest BCUT2D eigenvalue weighted by molar-refractivity contribution is 7.47. The van der Waals surface area contributed by atoms with Crippen molar-refractivity contribution in [2.45, 2.75) is 232 Å². The van der Waals surface area contributed by atoms with Gasteiger partial charge < -0.3 is 24.6 Å². The minimum absolute atomic E-state index is 0.176. The van der Waals surface area contributed by atoms with Crippen LogP contribution in [0.15, 0.2) is 36.5 Å². The summed E-state index contributed by atoms with van der Waals surface area (Å²) >= 11 is 0. The van der Waals surface area contributed by atoms with Crippen molar-refractivity contribution in [3.63, 3.8) is 0 Å². The van der Waals surface area contributed by atoms with Crippen LogP contribution in [0.1, 0.15) is 219 Å². The number of esters is 2. The summed E-state index contributed by atoms with van der Waals surface area (Å²) in [5.74, 6) is -0.930. The topological polar surface area (TPSA) is 149 Å². The van der Waals surface area contributed by atoms with E-state index in [0.29, 0.717) is 12.8 Å². The molecular formula is C48H89O10P. The van der Waals surface area contributed by atoms with Gasteiger partial charge in [-0.2, -0.15) is 0 Å². The second-order valence-electron chi connectivity index (χ2n) is 16.1. The van der Waals surface area contributed by atoms with E-state index >= 15 is 0 Å². The lowest BCUT2D eigenvalue weighted by Crippen LogP contribution is -2.29. The average Bonchev–Trinajstić information content (AvgIpc) is 3.22. The lowest BCUT2D eigenvalue weighted by Gasteiger charge is -2.20. The molecule has 0 aliphatic carbocycles. The summed E-state index contributed by atoms with van der Waals surface area (Å²) in [4.78, 5) is 35.1. The molecule has 59 heavy (non-hydrogen) atoms. The van der Waals surface area contributed by atoms with E-state index in [1.807, 2.05) is 0 Å². The van der Waals surface area contributed by atoms with E-state index in [1.165, 1.54) is 122 Å². The third kappa shape index (κ3) is 44.1. The van der Waals surface area contributed by atoms with Gasteiger partial charge in [0.2, 0.25) is 0 Å². The quantitative estimate of drug-likeness (QED) is 0.0234. The van der Waals surface area contributed by atoms with Crippen LogP contribution in [0.2, 0.25) is 0 Å². The molecule has 11 heteroatoms. The molecule has 0 amide bonds. The normalized spacial score (nSPS) is 14.1. The number of hydrogen-bond donors (Lipinski definition) is 3. The van der Waals surface area contributed by atoms with Crippen LogP contribution in [0.5, 0.6) is 0 Å². The van der Waals surface area contributed by atoms with Crippen LogP contribution in [-0.2, 0) is 32.7 Å². The molecule has 0 aromatic carbocycles. The first-order valence-corrected chi connectivity index (χ1v) is 25.4. The first kappa shape index (κ1) is 57.2. The smallest absolute Gasteiger partial charge is 0.462 e. The highest BCUT2D eigenvalue weighted by Crippen LogP contribution is 2.43. The lowest BCUT2D eigenvalue weighted by molar-refractivity contribution is -0.161. The number of rotatable bonds is 45. The first-order valence-electron chi connectivity index (χ1n) is 23.9. The van der Waals surface area contributed by atoms with Crippen LogP contribution in [0.4, 0.5) is 0 Å². The van der Waals surface area contributed by atoms with Crippen molar-refractivity contribution in [2.75, 3.05) is 26.4 Å². The monoisotopic (exact) mass is 857 g/mol. The molecule has 0 bridgehead atoms. The number of phosphoric acid groups is 1. The molecule has 0 aliphatic heterocycles. The Morgan fingerprint density at radius 2 is 0.881 bits per heavy atom. The van der Waals surface area contributed by atoms with Crippen molar-refractivity contribution in [3.8, 4) is 0 Å². The van der Waals surface area contributed by atoms with Gasteiger partial charge in [0.15, 0.2) is 6.10 Å². The van der Waals surface area contributed by atoms with E-state index < -0.39 is 51.8 Å². The Balaban J connectivity index is 4.23. The van der Waals surface area contributed by atoms with Gasteiger partial charge in [0.05, 0.1) is 19.8 Å². The van der Waals surface area contributed by atoms with Crippen LogP contribution < -0.4 is 0 Å². The van der Waals surface area contributed by atoms with Gasteiger partial charge in [-0.05, 0) is 70.6 Å². The Morgan fingerprint density at radius 3 is 1.36 bits per heavy atom. The molecule has 0 rings (SSSR count). The van der Waals surface area contributed by atoms with Gasteiger partial charge in [-0.25, -0.2) is 4.57 Å². The van der Waals surface area contributed by atoms with E-state index in [-0.39, 0.29) is 19.4 Å². The summed E-state index contributed by atoms with van der Waals surface area (Å²) in [6.07, 6.45) is 46.7. The Morgan fingerprint density at radius 1 is 0.508 bits per heavy atom. The van der Waals surface area contributed by atoms with Crippen LogP contribution in [-0.4, -0.2) is 65.7 Å². The number of allylic oxidation sites excluding steroid dienone is 6. The van der Waals surface area contributed by atoms with Crippen LogP contribution >= 0.6 is 7.82 Å². The fourth-order valence-electron chi connectivity index (χ4n) is 6.55. The molecule has 0 heterocycles. The molecule has 0 aromatic heterocycles. The Kier molecular flexibility index (Phi) is 42.9. The van der Waals surface area contributed by atoms with E-state index in [9.17, 15) is 24.2 Å². The summed E-state index contributed by atoms with van der Waals surface area (Å²) < 4.78 is 32.8. The molecule has 0 fully saturated rings. The maximum atomic E-state index is 12.6. The number of phosphoric ester groups is 1. The first-order chi connectivity index (χ1) is 28.7. The van der Waals surface area contributed by atoms with Gasteiger partial charge in [0.25, 0.3) is 0 Å². The Bertz CT molecular complexity index is 1080. The third-order valence-electron chi connectivity index (χ3n) is 10.3. The highest BCUT2D eigenvalue weighted by atomic mass is 31.2. The Labute approximate surface area is 361 Å². The molecular weight excluding hydrogens is 767 g/mol. The van der Waals surface area contributed by atoms with Crippen LogP contribution in [0.25, 0.3) is 0 Å². The predicted molar refractivity (Wildman–Crippen MR) is 242 cm³/mol. The second-order valence-corrected chi connectivity index (χ2v) is 17.6. The van der Waals surface area contributed by atoms with E-state index in [2.05, 4.69) is 50.3 Å². The van der Waals surface area contributed by atoms with Crippen molar-refractivity contribution < 1.29 is 47.8 Å². The van der Waals surface area contributed by atoms with Crippen LogP contribution in [0.3, 0.4) is 0 Å². The van der Waals surface area contributed by atoms with Crippen molar-refractivity contribution in [2.24, 2.45) is 0 Å². The van der Waals surface area contributed by atoms with Crippen molar-refractivity contribution >= 4 is 19.8 Å². The van der Waals surface area contributed by atoms with Gasteiger partial charge in [0, 0.05) is 12.8 Å². The van der Waals surface area contributed by atoms with E-state index in [1.54, 1.807) is 0 Å². The molecule has 0 radical (unpaired) electrons. The number of hydrogen-bond acceptors (Lipinski definition) is 9. The molecule has 0 saturated heterocycles. The molecule has 0 aromatic rings. The number of carbonyl (C=O) groups excluding carboxylic acids is 2. The fraction of sp³-hybridized carbons (Fsp3) is 0.833. The number of aliphatic hydroxyl groups is 2. The maximum Gasteiger partial charge on any atom is 0.472 e. The van der Waals surface area contributed by atoms with Gasteiger partial charge >= 0.3 is 19.8 Å². The summed E-state index contributed by atoms with van der Waals surface area (Å²) in [7, 11) is -4.62. The largest absolute Gasteiger partial charge is 0.472 e. The predicted octanol–water partition coefficient (Wildman–Crippen LogP) is 13.1. The van der Waals surface area contributed by atoms with Crippen molar-refractivity contribution in [1.82, 2.24) is 0 Å². The SMILES string of the molecule is CCCCC/C=C\C/C=C\CCCCCCCCCC(=O)OC(COC(=O)CCCCCCCCCCC/C=C\CCCCCCCC)COP(=O)(O)OCC(O)CO. The summed E-state index contributed by atoms with van der Waals surface area (Å²) in [5.41, 5.74) is 0. The second kappa shape index (κ2) is 44.3. The summed E-state index contributed by atoms with van der Waals surface area (Å²) in [6.45, 7) is 2.36. The summed E-state index contributed by atoms with van der Waals surface area (Å²) in [6, 6.07) is 0. The standard InChI is InChI=1S/C48H89O10P/c1-3-5-7-9-11-13-15-17-19-21-22-24-25-27-29-31-33-35-37-39-47(51)55-43-46(44-57-59(53,54)56-42-45(50)41-49)58-48(52)40-38-36-34-32-30-28-26-23-20-18-16-14-12-10-8-6-4-2/h12,14,17-20,45-46,49-50H,3-11,13,15-16,21-44H2,1-2H3,(H,53,54)/b14-12-,19-17-,20-18-. The molecule has 346 valence electrons. The number of unbranched alkanes of at least 4 members (excludes halogenated alkanes) is 25. The molecule has 0 spiro atoms. The van der Waals surface area contributed by atoms with E-state index in [0.717, 1.165) is 57.8 Å². The molecule has 0 saturated carbocycles. The number of aliphatic hydroxyl groups excluding tert-OH is 2. The molecule has 3 unspecified atom stereocenters.